The molecule has 25 heavy (non-hydrogen) atoms. The van der Waals surface area contributed by atoms with E-state index in [1.807, 2.05) is 12.1 Å². The number of amides is 1. The highest BCUT2D eigenvalue weighted by molar-refractivity contribution is 5.77. The van der Waals surface area contributed by atoms with Gasteiger partial charge >= 0.3 is 0 Å². The van der Waals surface area contributed by atoms with Gasteiger partial charge in [0.1, 0.15) is 5.82 Å². The van der Waals surface area contributed by atoms with Crippen LogP contribution in [0, 0.1) is 17.8 Å². The number of benzene rings is 1. The van der Waals surface area contributed by atoms with Gasteiger partial charge in [-0.15, -0.1) is 0 Å². The van der Waals surface area contributed by atoms with Crippen LogP contribution in [0.3, 0.4) is 0 Å². The number of rotatable bonds is 3. The molecule has 0 spiro atoms. The lowest BCUT2D eigenvalue weighted by Crippen LogP contribution is -2.40. The first-order valence-electron chi connectivity index (χ1n) is 9.98. The van der Waals surface area contributed by atoms with Crippen molar-refractivity contribution in [1.29, 1.82) is 0 Å². The van der Waals surface area contributed by atoms with E-state index in [4.69, 9.17) is 4.98 Å². The van der Waals surface area contributed by atoms with Crippen molar-refractivity contribution in [2.75, 3.05) is 13.1 Å². The molecule has 132 valence electrons. The molecule has 4 nitrogen and oxygen atoms in total. The van der Waals surface area contributed by atoms with Crippen LogP contribution in [-0.4, -0.2) is 33.9 Å². The molecule has 1 N–H and O–H groups in total. The van der Waals surface area contributed by atoms with Crippen molar-refractivity contribution < 1.29 is 4.79 Å². The maximum absolute atomic E-state index is 12.9. The summed E-state index contributed by atoms with van der Waals surface area (Å²) in [5.41, 5.74) is 2.13. The van der Waals surface area contributed by atoms with Crippen molar-refractivity contribution in [1.82, 2.24) is 14.9 Å². The van der Waals surface area contributed by atoms with Crippen molar-refractivity contribution in [3.05, 3.63) is 30.1 Å². The fourth-order valence-corrected chi connectivity index (χ4v) is 5.57. The molecule has 1 amide bonds. The molecule has 2 saturated carbocycles. The van der Waals surface area contributed by atoms with E-state index in [1.54, 1.807) is 0 Å². The molecule has 0 radical (unpaired) electrons. The molecule has 1 aliphatic heterocycles. The van der Waals surface area contributed by atoms with Gasteiger partial charge in [-0.05, 0) is 62.0 Å². The molecule has 2 aromatic rings. The fraction of sp³-hybridized carbons (Fsp3) is 0.619. The Balaban J connectivity index is 1.26. The summed E-state index contributed by atoms with van der Waals surface area (Å²) in [4.78, 5) is 23.2. The van der Waals surface area contributed by atoms with Gasteiger partial charge in [-0.3, -0.25) is 4.79 Å². The second-order valence-electron chi connectivity index (χ2n) is 8.46. The molecule has 3 aliphatic rings. The number of aromatic amines is 1. The molecule has 2 bridgehead atoms. The molecule has 2 heterocycles. The fourth-order valence-electron chi connectivity index (χ4n) is 5.57. The number of carbonyl (C=O) groups excluding carboxylic acids is 1. The zero-order valence-corrected chi connectivity index (χ0v) is 14.8. The average molecular weight is 337 g/mol. The highest BCUT2D eigenvalue weighted by Gasteiger charge is 2.41. The van der Waals surface area contributed by atoms with E-state index in [0.717, 1.165) is 61.0 Å². The highest BCUT2D eigenvalue weighted by Crippen LogP contribution is 2.49. The number of nitrogens with one attached hydrogen (secondary N) is 1. The zero-order chi connectivity index (χ0) is 16.8. The van der Waals surface area contributed by atoms with Crippen LogP contribution in [0.2, 0.25) is 0 Å². The number of fused-ring (bicyclic) bond motifs is 3. The Morgan fingerprint density at radius 3 is 2.92 bits per heavy atom. The Labute approximate surface area is 149 Å². The minimum atomic E-state index is 0.352. The third kappa shape index (κ3) is 2.86. The predicted octanol–water partition coefficient (Wildman–Crippen LogP) is 4.10. The number of hydrogen-bond donors (Lipinski definition) is 1. The Morgan fingerprint density at radius 2 is 2.12 bits per heavy atom. The summed E-state index contributed by atoms with van der Waals surface area (Å²) in [6.45, 7) is 1.76. The van der Waals surface area contributed by atoms with Crippen LogP contribution in [0.5, 0.6) is 0 Å². The summed E-state index contributed by atoms with van der Waals surface area (Å²) < 4.78 is 0. The number of nitrogens with zero attached hydrogens (tertiary/aromatic N) is 2. The largest absolute Gasteiger partial charge is 0.342 e. The van der Waals surface area contributed by atoms with E-state index in [2.05, 4.69) is 22.0 Å². The zero-order valence-electron chi connectivity index (χ0n) is 14.8. The minimum Gasteiger partial charge on any atom is -0.342 e. The van der Waals surface area contributed by atoms with E-state index in [-0.39, 0.29) is 0 Å². The van der Waals surface area contributed by atoms with Crippen LogP contribution in [0.1, 0.15) is 56.7 Å². The van der Waals surface area contributed by atoms with Gasteiger partial charge in [-0.2, -0.15) is 0 Å². The molecular formula is C21H27N3O. The van der Waals surface area contributed by atoms with Crippen molar-refractivity contribution in [2.45, 2.75) is 50.9 Å². The van der Waals surface area contributed by atoms with Crippen molar-refractivity contribution in [3.8, 4) is 0 Å². The number of hydrogen-bond acceptors (Lipinski definition) is 2. The minimum absolute atomic E-state index is 0.352. The number of imidazole rings is 1. The highest BCUT2D eigenvalue weighted by atomic mass is 16.2. The number of H-pyrrole nitrogens is 1. The molecule has 4 unspecified atom stereocenters. The van der Waals surface area contributed by atoms with Gasteiger partial charge in [0.25, 0.3) is 0 Å². The van der Waals surface area contributed by atoms with Gasteiger partial charge in [0.2, 0.25) is 5.91 Å². The number of carbonyl (C=O) groups is 1. The van der Waals surface area contributed by atoms with E-state index in [1.165, 1.54) is 25.7 Å². The number of likely N-dealkylation sites (tertiary alicyclic amines) is 1. The molecule has 5 rings (SSSR count). The third-order valence-electron chi connectivity index (χ3n) is 6.89. The maximum Gasteiger partial charge on any atom is 0.222 e. The maximum atomic E-state index is 12.9. The van der Waals surface area contributed by atoms with E-state index < -0.39 is 0 Å². The van der Waals surface area contributed by atoms with E-state index in [0.29, 0.717) is 17.7 Å². The predicted molar refractivity (Wildman–Crippen MR) is 98.2 cm³/mol. The third-order valence-corrected chi connectivity index (χ3v) is 6.89. The van der Waals surface area contributed by atoms with Gasteiger partial charge in [-0.25, -0.2) is 4.98 Å². The van der Waals surface area contributed by atoms with Crippen LogP contribution < -0.4 is 0 Å². The Hall–Kier alpha value is -1.84. The van der Waals surface area contributed by atoms with Gasteiger partial charge in [0, 0.05) is 25.4 Å². The summed E-state index contributed by atoms with van der Waals surface area (Å²) in [5.74, 6) is 4.22. The number of aromatic nitrogens is 2. The van der Waals surface area contributed by atoms with Gasteiger partial charge < -0.3 is 9.88 Å². The summed E-state index contributed by atoms with van der Waals surface area (Å²) in [6.07, 6.45) is 8.46. The summed E-state index contributed by atoms with van der Waals surface area (Å²) in [5, 5.41) is 0. The van der Waals surface area contributed by atoms with Gasteiger partial charge in [0.05, 0.1) is 11.0 Å². The lowest BCUT2D eigenvalue weighted by molar-refractivity contribution is -0.133. The van der Waals surface area contributed by atoms with Crippen molar-refractivity contribution >= 4 is 16.9 Å². The molecule has 4 heteroatoms. The van der Waals surface area contributed by atoms with Crippen LogP contribution in [0.15, 0.2) is 24.3 Å². The molecular weight excluding hydrogens is 310 g/mol. The van der Waals surface area contributed by atoms with E-state index in [9.17, 15) is 4.79 Å². The van der Waals surface area contributed by atoms with Gasteiger partial charge in [0.15, 0.2) is 0 Å². The normalized spacial score (nSPS) is 31.8. The van der Waals surface area contributed by atoms with Crippen molar-refractivity contribution in [2.24, 2.45) is 17.8 Å². The second kappa shape index (κ2) is 6.15. The van der Waals surface area contributed by atoms with Crippen LogP contribution in [0.25, 0.3) is 11.0 Å². The smallest absolute Gasteiger partial charge is 0.222 e. The first kappa shape index (κ1) is 15.4. The van der Waals surface area contributed by atoms with Crippen molar-refractivity contribution in [3.63, 3.8) is 0 Å². The monoisotopic (exact) mass is 337 g/mol. The molecule has 1 saturated heterocycles. The molecule has 4 atom stereocenters. The number of piperidine rings is 1. The van der Waals surface area contributed by atoms with Gasteiger partial charge in [-0.1, -0.05) is 18.6 Å². The van der Waals surface area contributed by atoms with Crippen LogP contribution in [0.4, 0.5) is 0 Å². The summed E-state index contributed by atoms with van der Waals surface area (Å²) >= 11 is 0. The van der Waals surface area contributed by atoms with E-state index >= 15 is 0 Å². The quantitative estimate of drug-likeness (QED) is 0.917. The lowest BCUT2D eigenvalue weighted by atomic mass is 9.85. The summed E-state index contributed by atoms with van der Waals surface area (Å²) in [7, 11) is 0. The SMILES string of the molecule is O=C(CC1CC2CCC1C2)N1CCCC(c2nc3ccccc3[nH]2)C1. The molecule has 2 aliphatic carbocycles. The molecule has 3 fully saturated rings. The topological polar surface area (TPSA) is 49.0 Å². The standard InChI is InChI=1S/C21H27N3O/c25-20(12-17-11-14-7-8-15(17)10-14)24-9-3-4-16(13-24)21-22-18-5-1-2-6-19(18)23-21/h1-2,5-6,14-17H,3-4,7-13H2,(H,22,23). The number of para-hydroxylation sites is 2. The summed E-state index contributed by atoms with van der Waals surface area (Å²) in [6, 6.07) is 8.19. The Morgan fingerprint density at radius 1 is 1.20 bits per heavy atom. The lowest BCUT2D eigenvalue weighted by Gasteiger charge is -2.33. The van der Waals surface area contributed by atoms with Crippen LogP contribution >= 0.6 is 0 Å². The average Bonchev–Trinajstić information content (AvgIpc) is 3.36. The second-order valence-corrected chi connectivity index (χ2v) is 8.46. The molecule has 1 aromatic carbocycles. The molecule has 1 aromatic heterocycles. The Kier molecular flexibility index (Phi) is 3.79. The first-order chi connectivity index (χ1) is 12.3. The first-order valence-corrected chi connectivity index (χ1v) is 9.98. The van der Waals surface area contributed by atoms with Crippen LogP contribution in [-0.2, 0) is 4.79 Å². The Bertz CT molecular complexity index is 749.